The van der Waals surface area contributed by atoms with Crippen molar-refractivity contribution in [3.8, 4) is 17.0 Å². The van der Waals surface area contributed by atoms with E-state index in [1.807, 2.05) is 36.4 Å². The van der Waals surface area contributed by atoms with E-state index in [4.69, 9.17) is 4.74 Å². The summed E-state index contributed by atoms with van der Waals surface area (Å²) >= 11 is 0. The summed E-state index contributed by atoms with van der Waals surface area (Å²) in [6.07, 6.45) is 2.46. The molecular formula is C28H30FN5O3. The van der Waals surface area contributed by atoms with Crippen molar-refractivity contribution in [3.05, 3.63) is 72.0 Å². The Hall–Kier alpha value is -4.01. The van der Waals surface area contributed by atoms with Crippen molar-refractivity contribution in [2.45, 2.75) is 25.3 Å². The predicted octanol–water partition coefficient (Wildman–Crippen LogP) is 3.63. The van der Waals surface area contributed by atoms with Gasteiger partial charge in [0, 0.05) is 37.8 Å². The molecule has 9 heteroatoms. The Morgan fingerprint density at radius 1 is 0.973 bits per heavy atom. The van der Waals surface area contributed by atoms with E-state index in [9.17, 15) is 14.0 Å². The number of nitrogens with zero attached hydrogens (tertiary/aromatic N) is 5. The number of carbonyl (C=O) groups excluding carboxylic acids is 2. The first-order valence-electron chi connectivity index (χ1n) is 12.6. The average molecular weight is 504 g/mol. The van der Waals surface area contributed by atoms with Gasteiger partial charge in [-0.05, 0) is 67.8 Å². The Kier molecular flexibility index (Phi) is 7.30. The highest BCUT2D eigenvalue weighted by molar-refractivity contribution is 5.97. The summed E-state index contributed by atoms with van der Waals surface area (Å²) in [6, 6.07) is 17.5. The van der Waals surface area contributed by atoms with Crippen LogP contribution in [-0.2, 0) is 4.79 Å². The molecule has 0 atom stereocenters. The summed E-state index contributed by atoms with van der Waals surface area (Å²) < 4.78 is 19.4. The van der Waals surface area contributed by atoms with E-state index in [1.165, 1.54) is 17.0 Å². The Balaban J connectivity index is 1.20. The lowest BCUT2D eigenvalue weighted by Gasteiger charge is -2.27. The third kappa shape index (κ3) is 5.71. The van der Waals surface area contributed by atoms with Crippen molar-refractivity contribution in [1.29, 1.82) is 0 Å². The quantitative estimate of drug-likeness (QED) is 0.490. The van der Waals surface area contributed by atoms with Gasteiger partial charge in [0.15, 0.2) is 5.82 Å². The van der Waals surface area contributed by atoms with Gasteiger partial charge in [-0.3, -0.25) is 9.59 Å². The number of carbonyl (C=O) groups is 2. The van der Waals surface area contributed by atoms with Gasteiger partial charge in [0.25, 0.3) is 5.91 Å². The van der Waals surface area contributed by atoms with Crippen LogP contribution < -0.4 is 9.64 Å². The largest absolute Gasteiger partial charge is 0.497 e. The van der Waals surface area contributed by atoms with Crippen LogP contribution in [0.15, 0.2) is 60.7 Å². The molecule has 3 aromatic rings. The molecule has 8 nitrogen and oxygen atoms in total. The second-order valence-electron chi connectivity index (χ2n) is 9.37. The van der Waals surface area contributed by atoms with Crippen molar-refractivity contribution in [1.82, 2.24) is 20.0 Å². The summed E-state index contributed by atoms with van der Waals surface area (Å²) in [5, 5.41) is 8.83. The highest BCUT2D eigenvalue weighted by atomic mass is 19.1. The molecule has 0 bridgehead atoms. The molecule has 1 aliphatic carbocycles. The van der Waals surface area contributed by atoms with E-state index in [0.29, 0.717) is 19.6 Å². The zero-order valence-corrected chi connectivity index (χ0v) is 20.8. The number of methoxy groups -OCH3 is 1. The number of aromatic nitrogens is 2. The number of hydrogen-bond acceptors (Lipinski definition) is 6. The lowest BCUT2D eigenvalue weighted by molar-refractivity contribution is -0.131. The minimum Gasteiger partial charge on any atom is -0.497 e. The second kappa shape index (κ2) is 10.9. The summed E-state index contributed by atoms with van der Waals surface area (Å²) in [4.78, 5) is 31.7. The molecule has 0 radical (unpaired) electrons. The standard InChI is InChI=1S/C28H30FN5O3/c1-37-22-11-7-20(8-12-22)25-13-14-26(31-30-25)32-15-4-16-33(18-17-32)27(35)19-34(21-9-10-21)28(36)23-5-2-3-6-24(23)29/h2-3,5-8,11-14,21H,4,9-10,15-19H2,1H3. The summed E-state index contributed by atoms with van der Waals surface area (Å²) in [5.41, 5.74) is 1.75. The van der Waals surface area contributed by atoms with Crippen LogP contribution in [0.3, 0.4) is 0 Å². The number of halogens is 1. The Morgan fingerprint density at radius 3 is 2.43 bits per heavy atom. The highest BCUT2D eigenvalue weighted by Gasteiger charge is 2.36. The first-order valence-corrected chi connectivity index (χ1v) is 12.6. The normalized spacial score (nSPS) is 15.7. The van der Waals surface area contributed by atoms with Crippen LogP contribution in [0, 0.1) is 5.82 Å². The summed E-state index contributed by atoms with van der Waals surface area (Å²) in [5.74, 6) is 0.460. The van der Waals surface area contributed by atoms with Crippen LogP contribution in [0.1, 0.15) is 29.6 Å². The minimum absolute atomic E-state index is 0.000904. The van der Waals surface area contributed by atoms with Gasteiger partial charge in [0.05, 0.1) is 18.4 Å². The fourth-order valence-electron chi connectivity index (χ4n) is 4.59. The maximum Gasteiger partial charge on any atom is 0.257 e. The second-order valence-corrected chi connectivity index (χ2v) is 9.37. The first-order chi connectivity index (χ1) is 18.0. The van der Waals surface area contributed by atoms with Gasteiger partial charge in [0.1, 0.15) is 18.1 Å². The van der Waals surface area contributed by atoms with E-state index in [0.717, 1.165) is 48.6 Å². The molecular weight excluding hydrogens is 473 g/mol. The molecule has 0 N–H and O–H groups in total. The van der Waals surface area contributed by atoms with Crippen molar-refractivity contribution >= 4 is 17.6 Å². The lowest BCUT2D eigenvalue weighted by Crippen LogP contribution is -2.45. The van der Waals surface area contributed by atoms with Gasteiger partial charge in [0.2, 0.25) is 5.91 Å². The number of benzene rings is 2. The van der Waals surface area contributed by atoms with Crippen LogP contribution in [0.2, 0.25) is 0 Å². The van der Waals surface area contributed by atoms with Crippen molar-refractivity contribution in [3.63, 3.8) is 0 Å². The number of anilines is 1. The number of amides is 2. The fraction of sp³-hybridized carbons (Fsp3) is 0.357. The van der Waals surface area contributed by atoms with Crippen molar-refractivity contribution in [2.75, 3.05) is 44.7 Å². The van der Waals surface area contributed by atoms with Crippen LogP contribution >= 0.6 is 0 Å². The maximum absolute atomic E-state index is 14.2. The molecule has 0 spiro atoms. The van der Waals surface area contributed by atoms with E-state index in [1.54, 1.807) is 24.1 Å². The average Bonchev–Trinajstić information content (AvgIpc) is 3.79. The van der Waals surface area contributed by atoms with Crippen LogP contribution in [0.25, 0.3) is 11.3 Å². The number of ether oxygens (including phenoxy) is 1. The van der Waals surface area contributed by atoms with E-state index < -0.39 is 11.7 Å². The Bertz CT molecular complexity index is 1250. The van der Waals surface area contributed by atoms with Gasteiger partial charge in [-0.1, -0.05) is 12.1 Å². The van der Waals surface area contributed by atoms with Crippen LogP contribution in [0.4, 0.5) is 10.2 Å². The predicted molar refractivity (Wildman–Crippen MR) is 138 cm³/mol. The molecule has 2 fully saturated rings. The van der Waals surface area contributed by atoms with E-state index in [-0.39, 0.29) is 24.1 Å². The molecule has 192 valence electrons. The van der Waals surface area contributed by atoms with Gasteiger partial charge in [-0.25, -0.2) is 4.39 Å². The molecule has 1 saturated heterocycles. The van der Waals surface area contributed by atoms with Crippen LogP contribution in [-0.4, -0.2) is 77.7 Å². The van der Waals surface area contributed by atoms with Gasteiger partial charge in [-0.2, -0.15) is 0 Å². The van der Waals surface area contributed by atoms with Gasteiger partial charge in [-0.15, -0.1) is 10.2 Å². The SMILES string of the molecule is COc1ccc(-c2ccc(N3CCCN(C(=O)CN(C(=O)c4ccccc4F)C4CC4)CC3)nn2)cc1. The topological polar surface area (TPSA) is 78.9 Å². The third-order valence-electron chi connectivity index (χ3n) is 6.87. The number of hydrogen-bond donors (Lipinski definition) is 0. The summed E-state index contributed by atoms with van der Waals surface area (Å²) in [6.45, 7) is 2.45. The minimum atomic E-state index is -0.560. The smallest absolute Gasteiger partial charge is 0.257 e. The van der Waals surface area contributed by atoms with Gasteiger partial charge < -0.3 is 19.4 Å². The van der Waals surface area contributed by atoms with E-state index in [2.05, 4.69) is 15.1 Å². The molecule has 0 unspecified atom stereocenters. The molecule has 2 aromatic carbocycles. The molecule has 1 saturated carbocycles. The fourth-order valence-corrected chi connectivity index (χ4v) is 4.59. The Morgan fingerprint density at radius 2 is 1.76 bits per heavy atom. The zero-order valence-electron chi connectivity index (χ0n) is 20.8. The summed E-state index contributed by atoms with van der Waals surface area (Å²) in [7, 11) is 1.63. The molecule has 37 heavy (non-hydrogen) atoms. The Labute approximate surface area is 215 Å². The maximum atomic E-state index is 14.2. The third-order valence-corrected chi connectivity index (χ3v) is 6.87. The molecule has 2 amide bonds. The molecule has 1 aliphatic heterocycles. The van der Waals surface area contributed by atoms with Crippen LogP contribution in [0.5, 0.6) is 5.75 Å². The number of rotatable bonds is 7. The molecule has 2 heterocycles. The van der Waals surface area contributed by atoms with Crippen molar-refractivity contribution in [2.24, 2.45) is 0 Å². The zero-order chi connectivity index (χ0) is 25.8. The molecule has 2 aliphatic rings. The first kappa shape index (κ1) is 24.7. The molecule has 1 aromatic heterocycles. The highest BCUT2D eigenvalue weighted by Crippen LogP contribution is 2.29. The van der Waals surface area contributed by atoms with E-state index >= 15 is 0 Å². The van der Waals surface area contributed by atoms with Crippen molar-refractivity contribution < 1.29 is 18.7 Å². The monoisotopic (exact) mass is 503 g/mol. The lowest BCUT2D eigenvalue weighted by atomic mass is 10.1. The van der Waals surface area contributed by atoms with Gasteiger partial charge >= 0.3 is 0 Å². The molecule has 5 rings (SSSR count).